The zero-order valence-corrected chi connectivity index (χ0v) is 25.9. The molecule has 3 aromatic rings. The molecular weight excluding hydrogens is 572 g/mol. The van der Waals surface area contributed by atoms with E-state index in [2.05, 4.69) is 4.90 Å². The van der Waals surface area contributed by atoms with Gasteiger partial charge in [-0.1, -0.05) is 36.4 Å². The van der Waals surface area contributed by atoms with Crippen LogP contribution in [0.1, 0.15) is 48.6 Å². The first kappa shape index (κ1) is 30.7. The number of likely N-dealkylation sites (tertiary alicyclic amines) is 1. The van der Waals surface area contributed by atoms with Gasteiger partial charge in [0.05, 0.1) is 31.4 Å². The number of aliphatic hydroxyl groups excluding tert-OH is 1. The summed E-state index contributed by atoms with van der Waals surface area (Å²) in [6, 6.07) is 19.9. The zero-order valence-electron chi connectivity index (χ0n) is 25.9. The fraction of sp³-hybridized carbons (Fsp3) is 0.389. The number of ether oxygens (including phenoxy) is 4. The molecule has 6 rings (SSSR count). The van der Waals surface area contributed by atoms with Crippen molar-refractivity contribution in [2.24, 2.45) is 0 Å². The lowest BCUT2D eigenvalue weighted by Crippen LogP contribution is -2.39. The molecular formula is C36H40N2O7. The van der Waals surface area contributed by atoms with Crippen molar-refractivity contribution in [1.29, 1.82) is 0 Å². The van der Waals surface area contributed by atoms with Gasteiger partial charge >= 0.3 is 0 Å². The number of rotatable bonds is 11. The highest BCUT2D eigenvalue weighted by molar-refractivity contribution is 6.46. The fourth-order valence-corrected chi connectivity index (χ4v) is 6.29. The van der Waals surface area contributed by atoms with Crippen LogP contribution in [0.25, 0.3) is 5.76 Å². The first-order chi connectivity index (χ1) is 21.9. The molecule has 3 heterocycles. The molecule has 3 aliphatic rings. The van der Waals surface area contributed by atoms with Gasteiger partial charge in [0.25, 0.3) is 11.7 Å². The maximum Gasteiger partial charge on any atom is 0.295 e. The van der Waals surface area contributed by atoms with Crippen LogP contribution in [0.4, 0.5) is 0 Å². The smallest absolute Gasteiger partial charge is 0.295 e. The third kappa shape index (κ3) is 6.70. The molecule has 2 saturated heterocycles. The van der Waals surface area contributed by atoms with Crippen LogP contribution in [-0.4, -0.2) is 78.7 Å². The number of hydrogen-bond donors (Lipinski definition) is 1. The maximum absolute atomic E-state index is 13.7. The Morgan fingerprint density at radius 3 is 2.53 bits per heavy atom. The molecule has 0 unspecified atom stereocenters. The van der Waals surface area contributed by atoms with Crippen LogP contribution in [0.2, 0.25) is 0 Å². The molecule has 2 atom stereocenters. The van der Waals surface area contributed by atoms with Crippen molar-refractivity contribution in [3.05, 3.63) is 94.6 Å². The van der Waals surface area contributed by atoms with Crippen LogP contribution in [0.15, 0.2) is 72.3 Å². The van der Waals surface area contributed by atoms with E-state index in [0.717, 1.165) is 36.5 Å². The fourth-order valence-electron chi connectivity index (χ4n) is 6.29. The third-order valence-electron chi connectivity index (χ3n) is 8.51. The van der Waals surface area contributed by atoms with Gasteiger partial charge in [0.2, 0.25) is 0 Å². The van der Waals surface area contributed by atoms with E-state index in [9.17, 15) is 14.7 Å². The summed E-state index contributed by atoms with van der Waals surface area (Å²) < 4.78 is 23.4. The zero-order chi connectivity index (χ0) is 31.3. The number of carbonyl (C=O) groups excluding carboxylic acids is 2. The second-order valence-corrected chi connectivity index (χ2v) is 11.7. The van der Waals surface area contributed by atoms with Crippen LogP contribution in [0, 0.1) is 0 Å². The van der Waals surface area contributed by atoms with E-state index in [4.69, 9.17) is 18.9 Å². The van der Waals surface area contributed by atoms with Gasteiger partial charge in [-0.05, 0) is 67.3 Å². The second kappa shape index (κ2) is 13.7. The maximum atomic E-state index is 13.7. The van der Waals surface area contributed by atoms with E-state index in [0.29, 0.717) is 68.4 Å². The van der Waals surface area contributed by atoms with E-state index >= 15 is 0 Å². The first-order valence-electron chi connectivity index (χ1n) is 15.7. The van der Waals surface area contributed by atoms with Crippen molar-refractivity contribution in [3.63, 3.8) is 0 Å². The van der Waals surface area contributed by atoms with Crippen LogP contribution in [0.3, 0.4) is 0 Å². The Balaban J connectivity index is 1.35. The Morgan fingerprint density at radius 2 is 1.76 bits per heavy atom. The largest absolute Gasteiger partial charge is 0.507 e. The second-order valence-electron chi connectivity index (χ2n) is 11.7. The van der Waals surface area contributed by atoms with Gasteiger partial charge < -0.3 is 29.0 Å². The first-order valence-corrected chi connectivity index (χ1v) is 15.7. The van der Waals surface area contributed by atoms with Crippen molar-refractivity contribution in [1.82, 2.24) is 9.80 Å². The highest BCUT2D eigenvalue weighted by Gasteiger charge is 2.46. The van der Waals surface area contributed by atoms with Crippen molar-refractivity contribution >= 4 is 17.4 Å². The van der Waals surface area contributed by atoms with Gasteiger partial charge in [0, 0.05) is 38.2 Å². The number of aliphatic hydroxyl groups is 1. The van der Waals surface area contributed by atoms with Crippen molar-refractivity contribution < 1.29 is 33.6 Å². The molecule has 0 spiro atoms. The minimum atomic E-state index is -0.791. The molecule has 1 N–H and O–H groups in total. The number of carbonyl (C=O) groups is 2. The van der Waals surface area contributed by atoms with Crippen LogP contribution in [-0.2, 0) is 27.4 Å². The Bertz CT molecular complexity index is 1560. The number of benzene rings is 3. The third-order valence-corrected chi connectivity index (χ3v) is 8.51. The number of nitrogens with zero attached hydrogens (tertiary/aromatic N) is 2. The van der Waals surface area contributed by atoms with Crippen molar-refractivity contribution in [3.8, 4) is 17.2 Å². The van der Waals surface area contributed by atoms with E-state index in [1.165, 1.54) is 0 Å². The van der Waals surface area contributed by atoms with Crippen LogP contribution in [0.5, 0.6) is 17.2 Å². The Labute approximate surface area is 263 Å². The van der Waals surface area contributed by atoms with E-state index < -0.39 is 17.7 Å². The standard InChI is InChI=1S/C36H40N2O7/c1-3-43-31-22-26(10-13-30(31)44-23-25-8-5-4-6-9-25)33-32(34(39)27-11-12-29-28(21-27)20-24(2)45-29)35(40)36(41)38(33)15-7-14-37-16-18-42-19-17-37/h4-6,8-13,21-22,24,33,39H,3,7,14-20,23H2,1-2H3/t24-,33+/m1/s1. The molecule has 0 bridgehead atoms. The van der Waals surface area contributed by atoms with Gasteiger partial charge in [-0.3, -0.25) is 14.5 Å². The molecule has 9 nitrogen and oxygen atoms in total. The number of amides is 1. The monoisotopic (exact) mass is 612 g/mol. The van der Waals surface area contributed by atoms with Crippen molar-refractivity contribution in [2.75, 3.05) is 46.0 Å². The number of Topliss-reactive ketones (excluding diaryl/α,β-unsaturated/α-hetero) is 1. The molecule has 3 aliphatic heterocycles. The Morgan fingerprint density at radius 1 is 0.956 bits per heavy atom. The van der Waals surface area contributed by atoms with E-state index in [-0.39, 0.29) is 17.4 Å². The lowest BCUT2D eigenvalue weighted by atomic mass is 9.94. The molecule has 45 heavy (non-hydrogen) atoms. The predicted octanol–water partition coefficient (Wildman–Crippen LogP) is 5.13. The number of morpholine rings is 1. The minimum Gasteiger partial charge on any atom is -0.507 e. The molecule has 3 aromatic carbocycles. The number of hydrogen-bond acceptors (Lipinski definition) is 8. The molecule has 9 heteroatoms. The summed E-state index contributed by atoms with van der Waals surface area (Å²) in [5.41, 5.74) is 3.19. The molecule has 1 amide bonds. The average molecular weight is 613 g/mol. The summed E-state index contributed by atoms with van der Waals surface area (Å²) in [6.45, 7) is 8.84. The summed E-state index contributed by atoms with van der Waals surface area (Å²) in [6.07, 6.45) is 1.42. The van der Waals surface area contributed by atoms with Gasteiger partial charge in [-0.15, -0.1) is 0 Å². The summed E-state index contributed by atoms with van der Waals surface area (Å²) in [5.74, 6) is 0.320. The minimum absolute atomic E-state index is 0.0362. The highest BCUT2D eigenvalue weighted by Crippen LogP contribution is 2.43. The van der Waals surface area contributed by atoms with Gasteiger partial charge in [0.15, 0.2) is 11.5 Å². The van der Waals surface area contributed by atoms with Gasteiger partial charge in [0.1, 0.15) is 24.2 Å². The Hall–Kier alpha value is -4.34. The lowest BCUT2D eigenvalue weighted by molar-refractivity contribution is -0.140. The van der Waals surface area contributed by atoms with E-state index in [1.807, 2.05) is 74.5 Å². The van der Waals surface area contributed by atoms with Gasteiger partial charge in [-0.2, -0.15) is 0 Å². The van der Waals surface area contributed by atoms with Gasteiger partial charge in [-0.25, -0.2) is 0 Å². The quantitative estimate of drug-likeness (QED) is 0.181. The number of fused-ring (bicyclic) bond motifs is 1. The van der Waals surface area contributed by atoms with E-state index in [1.54, 1.807) is 11.0 Å². The topological polar surface area (TPSA) is 97.8 Å². The summed E-state index contributed by atoms with van der Waals surface area (Å²) >= 11 is 0. The molecule has 0 saturated carbocycles. The molecule has 236 valence electrons. The molecule has 2 fully saturated rings. The molecule has 0 aliphatic carbocycles. The normalized spacial score (nSPS) is 21.1. The molecule has 0 radical (unpaired) electrons. The highest BCUT2D eigenvalue weighted by atomic mass is 16.5. The molecule has 0 aromatic heterocycles. The summed E-state index contributed by atoms with van der Waals surface area (Å²) in [4.78, 5) is 31.2. The predicted molar refractivity (Wildman–Crippen MR) is 170 cm³/mol. The SMILES string of the molecule is CCOc1cc([C@H]2C(=C(O)c3ccc4c(c3)C[C@@H](C)O4)C(=O)C(=O)N2CCCN2CCOCC2)ccc1OCc1ccccc1. The summed E-state index contributed by atoms with van der Waals surface area (Å²) in [5, 5.41) is 11.7. The lowest BCUT2D eigenvalue weighted by Gasteiger charge is -2.29. The Kier molecular flexibility index (Phi) is 9.37. The average Bonchev–Trinajstić information content (AvgIpc) is 3.56. The summed E-state index contributed by atoms with van der Waals surface area (Å²) in [7, 11) is 0. The van der Waals surface area contributed by atoms with Crippen LogP contribution < -0.4 is 14.2 Å². The number of ketones is 1. The van der Waals surface area contributed by atoms with Crippen LogP contribution >= 0.6 is 0 Å². The van der Waals surface area contributed by atoms with Crippen molar-refractivity contribution in [2.45, 2.75) is 45.4 Å².